The molecule has 1 aromatic heterocycles. The summed E-state index contributed by atoms with van der Waals surface area (Å²) in [5, 5.41) is 14.3. The first-order chi connectivity index (χ1) is 10.7. The molecule has 0 aliphatic carbocycles. The lowest BCUT2D eigenvalue weighted by Crippen LogP contribution is -2.45. The number of fused-ring (bicyclic) bond motifs is 3. The third-order valence-corrected chi connectivity index (χ3v) is 4.94. The van der Waals surface area contributed by atoms with E-state index in [0.29, 0.717) is 6.42 Å². The van der Waals surface area contributed by atoms with Crippen molar-refractivity contribution < 1.29 is 9.90 Å². The zero-order valence-corrected chi connectivity index (χ0v) is 12.6. The molecule has 5 nitrogen and oxygen atoms in total. The number of para-hydroxylation sites is 1. The number of carboxylic acid groups (broad SMARTS) is 1. The van der Waals surface area contributed by atoms with Gasteiger partial charge in [-0.2, -0.15) is 5.10 Å². The van der Waals surface area contributed by atoms with Gasteiger partial charge in [0.2, 0.25) is 0 Å². The highest BCUT2D eigenvalue weighted by atomic mass is 16.4. The van der Waals surface area contributed by atoms with Crippen molar-refractivity contribution in [2.24, 2.45) is 5.92 Å². The topological polar surface area (TPSA) is 58.4 Å². The van der Waals surface area contributed by atoms with Gasteiger partial charge in [-0.15, -0.1) is 0 Å². The van der Waals surface area contributed by atoms with Crippen molar-refractivity contribution in [1.29, 1.82) is 0 Å². The van der Waals surface area contributed by atoms with Crippen LogP contribution in [0.25, 0.3) is 5.69 Å². The van der Waals surface area contributed by atoms with Crippen LogP contribution in [0.2, 0.25) is 0 Å². The first-order valence-electron chi connectivity index (χ1n) is 7.80. The minimum Gasteiger partial charge on any atom is -0.481 e. The highest BCUT2D eigenvalue weighted by Crippen LogP contribution is 2.41. The average Bonchev–Trinajstić information content (AvgIpc) is 3.12. The maximum Gasteiger partial charge on any atom is 0.308 e. The number of rotatable bonds is 2. The lowest BCUT2D eigenvalue weighted by Gasteiger charge is -2.36. The molecule has 1 N–H and O–H groups in total. The molecule has 1 aromatic carbocycles. The molecular weight excluding hydrogens is 278 g/mol. The van der Waals surface area contributed by atoms with Gasteiger partial charge in [0.25, 0.3) is 0 Å². The summed E-state index contributed by atoms with van der Waals surface area (Å²) < 4.78 is 1.99. The molecule has 114 valence electrons. The molecule has 4 rings (SSSR count). The smallest absolute Gasteiger partial charge is 0.308 e. The largest absolute Gasteiger partial charge is 0.481 e. The second-order valence-electron chi connectivity index (χ2n) is 6.19. The van der Waals surface area contributed by atoms with Crippen LogP contribution in [0.15, 0.2) is 30.3 Å². The Morgan fingerprint density at radius 2 is 2.09 bits per heavy atom. The Balaban J connectivity index is 1.88. The van der Waals surface area contributed by atoms with E-state index in [-0.39, 0.29) is 12.0 Å². The van der Waals surface area contributed by atoms with E-state index in [1.165, 1.54) is 0 Å². The van der Waals surface area contributed by atoms with Crippen LogP contribution in [0, 0.1) is 12.8 Å². The van der Waals surface area contributed by atoms with E-state index in [1.807, 2.05) is 41.9 Å². The third-order valence-electron chi connectivity index (χ3n) is 4.94. The fraction of sp³-hybridized carbons (Fsp3) is 0.412. The van der Waals surface area contributed by atoms with Gasteiger partial charge < -0.3 is 10.0 Å². The SMILES string of the molecule is Cc1nn(-c2ccccc2)c2c1CC(C(=O)O)C1CCCN21. The maximum absolute atomic E-state index is 11.6. The minimum absolute atomic E-state index is 0.101. The molecule has 5 heteroatoms. The third kappa shape index (κ3) is 1.85. The standard InChI is InChI=1S/C17H19N3O2/c1-11-13-10-14(17(21)22)15-8-5-9-19(15)16(13)20(18-11)12-6-3-2-4-7-12/h2-4,6-7,14-15H,5,8-10H2,1H3,(H,21,22). The van der Waals surface area contributed by atoms with Gasteiger partial charge in [-0.1, -0.05) is 18.2 Å². The first kappa shape index (κ1) is 13.4. The van der Waals surface area contributed by atoms with Crippen molar-refractivity contribution in [2.75, 3.05) is 11.4 Å². The predicted molar refractivity (Wildman–Crippen MR) is 83.5 cm³/mol. The molecule has 1 fully saturated rings. The fourth-order valence-electron chi connectivity index (χ4n) is 3.91. The van der Waals surface area contributed by atoms with E-state index in [2.05, 4.69) is 4.90 Å². The average molecular weight is 297 g/mol. The second kappa shape index (κ2) is 4.87. The summed E-state index contributed by atoms with van der Waals surface area (Å²) in [6, 6.07) is 10.2. The summed E-state index contributed by atoms with van der Waals surface area (Å²) in [7, 11) is 0. The number of carboxylic acids is 1. The van der Waals surface area contributed by atoms with Crippen molar-refractivity contribution in [1.82, 2.24) is 9.78 Å². The maximum atomic E-state index is 11.6. The monoisotopic (exact) mass is 297 g/mol. The Bertz CT molecular complexity index is 723. The molecule has 0 bridgehead atoms. The number of aryl methyl sites for hydroxylation is 1. The van der Waals surface area contributed by atoms with Gasteiger partial charge in [0.15, 0.2) is 0 Å². The number of nitrogens with zero attached hydrogens (tertiary/aromatic N) is 3. The van der Waals surface area contributed by atoms with Gasteiger partial charge in [0, 0.05) is 18.2 Å². The van der Waals surface area contributed by atoms with E-state index in [4.69, 9.17) is 5.10 Å². The number of hydrogen-bond donors (Lipinski definition) is 1. The number of anilines is 1. The molecule has 2 aliphatic rings. The Morgan fingerprint density at radius 3 is 2.82 bits per heavy atom. The van der Waals surface area contributed by atoms with Gasteiger partial charge >= 0.3 is 5.97 Å². The van der Waals surface area contributed by atoms with Crippen LogP contribution in [-0.4, -0.2) is 33.4 Å². The molecule has 0 saturated carbocycles. The molecule has 22 heavy (non-hydrogen) atoms. The van der Waals surface area contributed by atoms with Crippen molar-refractivity contribution in [2.45, 2.75) is 32.2 Å². The minimum atomic E-state index is -0.686. The van der Waals surface area contributed by atoms with Crippen LogP contribution >= 0.6 is 0 Å². The highest BCUT2D eigenvalue weighted by Gasteiger charge is 2.43. The molecule has 2 unspecified atom stereocenters. The Morgan fingerprint density at radius 1 is 1.32 bits per heavy atom. The number of aliphatic carboxylic acids is 1. The van der Waals surface area contributed by atoms with Gasteiger partial charge in [0.05, 0.1) is 17.3 Å². The Kier molecular flexibility index (Phi) is 2.96. The van der Waals surface area contributed by atoms with Crippen LogP contribution in [-0.2, 0) is 11.2 Å². The van der Waals surface area contributed by atoms with Gasteiger partial charge in [-0.25, -0.2) is 4.68 Å². The van der Waals surface area contributed by atoms with Crippen LogP contribution in [0.1, 0.15) is 24.1 Å². The fourth-order valence-corrected chi connectivity index (χ4v) is 3.91. The Hall–Kier alpha value is -2.30. The molecule has 0 amide bonds. The van der Waals surface area contributed by atoms with Crippen LogP contribution in [0.3, 0.4) is 0 Å². The molecule has 3 heterocycles. The Labute approximate surface area is 129 Å². The zero-order valence-electron chi connectivity index (χ0n) is 12.6. The summed E-state index contributed by atoms with van der Waals surface area (Å²) in [6.07, 6.45) is 2.59. The summed E-state index contributed by atoms with van der Waals surface area (Å²) in [5.74, 6) is 0.0974. The van der Waals surface area contributed by atoms with Crippen LogP contribution in [0.4, 0.5) is 5.82 Å². The van der Waals surface area contributed by atoms with E-state index in [0.717, 1.165) is 42.1 Å². The summed E-state index contributed by atoms with van der Waals surface area (Å²) in [6.45, 7) is 2.90. The normalized spacial score (nSPS) is 23.2. The lowest BCUT2D eigenvalue weighted by atomic mass is 9.87. The van der Waals surface area contributed by atoms with Crippen molar-refractivity contribution in [3.05, 3.63) is 41.6 Å². The van der Waals surface area contributed by atoms with E-state index >= 15 is 0 Å². The molecule has 2 atom stereocenters. The molecular formula is C17H19N3O2. The predicted octanol–water partition coefficient (Wildman–Crippen LogP) is 2.41. The summed E-state index contributed by atoms with van der Waals surface area (Å²) in [5.41, 5.74) is 3.07. The molecule has 2 aromatic rings. The summed E-state index contributed by atoms with van der Waals surface area (Å²) >= 11 is 0. The van der Waals surface area contributed by atoms with Crippen molar-refractivity contribution in [3.8, 4) is 5.69 Å². The zero-order chi connectivity index (χ0) is 15.3. The molecule has 0 spiro atoms. The van der Waals surface area contributed by atoms with E-state index < -0.39 is 5.97 Å². The van der Waals surface area contributed by atoms with Crippen LogP contribution in [0.5, 0.6) is 0 Å². The highest BCUT2D eigenvalue weighted by molar-refractivity contribution is 5.75. The quantitative estimate of drug-likeness (QED) is 0.925. The van der Waals surface area contributed by atoms with Gasteiger partial charge in [-0.05, 0) is 38.3 Å². The molecule has 0 radical (unpaired) electrons. The number of carbonyl (C=O) groups is 1. The molecule has 1 saturated heterocycles. The molecule has 2 aliphatic heterocycles. The van der Waals surface area contributed by atoms with E-state index in [1.54, 1.807) is 0 Å². The number of aromatic nitrogens is 2. The van der Waals surface area contributed by atoms with Crippen LogP contribution < -0.4 is 4.90 Å². The van der Waals surface area contributed by atoms with Gasteiger partial charge in [-0.3, -0.25) is 4.79 Å². The van der Waals surface area contributed by atoms with Crippen molar-refractivity contribution >= 4 is 11.8 Å². The first-order valence-corrected chi connectivity index (χ1v) is 7.80. The number of benzene rings is 1. The second-order valence-corrected chi connectivity index (χ2v) is 6.19. The number of hydrogen-bond acceptors (Lipinski definition) is 3. The van der Waals surface area contributed by atoms with Crippen molar-refractivity contribution in [3.63, 3.8) is 0 Å². The van der Waals surface area contributed by atoms with Gasteiger partial charge in [0.1, 0.15) is 5.82 Å². The summed E-state index contributed by atoms with van der Waals surface area (Å²) in [4.78, 5) is 13.9. The lowest BCUT2D eigenvalue weighted by molar-refractivity contribution is -0.142. The van der Waals surface area contributed by atoms with E-state index in [9.17, 15) is 9.90 Å².